The van der Waals surface area contributed by atoms with Gasteiger partial charge in [0, 0.05) is 15.7 Å². The van der Waals surface area contributed by atoms with E-state index in [-0.39, 0.29) is 20.8 Å². The van der Waals surface area contributed by atoms with Crippen molar-refractivity contribution in [1.82, 2.24) is 4.98 Å². The van der Waals surface area contributed by atoms with Crippen molar-refractivity contribution < 1.29 is 12.6 Å². The van der Waals surface area contributed by atoms with Crippen LogP contribution in [-0.2, 0) is 10.1 Å². The molecule has 0 saturated carbocycles. The molecule has 2 rings (SSSR count). The second-order valence-electron chi connectivity index (χ2n) is 3.55. The fourth-order valence-corrected chi connectivity index (χ4v) is 3.65. The lowest BCUT2D eigenvalue weighted by Gasteiger charge is -2.09. The highest BCUT2D eigenvalue weighted by Crippen LogP contribution is 2.31. The minimum atomic E-state index is -4.15. The monoisotopic (exact) mass is 415 g/mol. The molecule has 0 atom stereocenters. The summed E-state index contributed by atoms with van der Waals surface area (Å²) in [5, 5.41) is 0.236. The quantitative estimate of drug-likeness (QED) is 0.542. The van der Waals surface area contributed by atoms with Gasteiger partial charge in [-0.05, 0) is 40.2 Å². The van der Waals surface area contributed by atoms with Crippen LogP contribution in [0.2, 0.25) is 15.2 Å². The van der Waals surface area contributed by atoms with Crippen molar-refractivity contribution >= 4 is 60.9 Å². The van der Waals surface area contributed by atoms with E-state index in [1.165, 1.54) is 30.5 Å². The first-order chi connectivity index (χ1) is 9.29. The van der Waals surface area contributed by atoms with Crippen LogP contribution in [0.4, 0.5) is 0 Å². The highest BCUT2D eigenvalue weighted by Gasteiger charge is 2.23. The number of rotatable bonds is 3. The van der Waals surface area contributed by atoms with Crippen molar-refractivity contribution in [3.63, 3.8) is 0 Å². The zero-order chi connectivity index (χ0) is 14.9. The van der Waals surface area contributed by atoms with Crippen LogP contribution in [0.5, 0.6) is 5.75 Å². The van der Waals surface area contributed by atoms with Gasteiger partial charge in [0.05, 0.1) is 5.02 Å². The molecule has 1 aromatic heterocycles. The molecule has 0 radical (unpaired) electrons. The summed E-state index contributed by atoms with van der Waals surface area (Å²) in [7, 11) is -4.15. The van der Waals surface area contributed by atoms with Gasteiger partial charge in [0.2, 0.25) is 0 Å². The largest absolute Gasteiger partial charge is 0.377 e. The number of hydrogen-bond donors (Lipinski definition) is 0. The molecular weight excluding hydrogens is 412 g/mol. The Morgan fingerprint density at radius 2 is 1.85 bits per heavy atom. The summed E-state index contributed by atoms with van der Waals surface area (Å²) < 4.78 is 29.7. The molecule has 0 bridgehead atoms. The van der Waals surface area contributed by atoms with E-state index < -0.39 is 10.1 Å². The molecule has 0 aliphatic heterocycles. The third-order valence-electron chi connectivity index (χ3n) is 2.14. The van der Waals surface area contributed by atoms with Crippen LogP contribution in [0.1, 0.15) is 0 Å². The number of benzene rings is 1. The maximum absolute atomic E-state index is 12.2. The smallest absolute Gasteiger partial charge is 0.342 e. The Hall–Kier alpha value is -0.530. The molecule has 9 heteroatoms. The minimum Gasteiger partial charge on any atom is -0.377 e. The SMILES string of the molecule is O=S(=O)(Oc1ccc(Cl)cc1Cl)c1cc(Br)cnc1Cl. The van der Waals surface area contributed by atoms with Crippen molar-refractivity contribution in [2.75, 3.05) is 0 Å². The summed E-state index contributed by atoms with van der Waals surface area (Å²) in [5.74, 6) is -0.0490. The van der Waals surface area contributed by atoms with Gasteiger partial charge < -0.3 is 4.18 Å². The van der Waals surface area contributed by atoms with Crippen molar-refractivity contribution in [2.24, 2.45) is 0 Å². The van der Waals surface area contributed by atoms with Crippen LogP contribution in [0.25, 0.3) is 0 Å². The Labute approximate surface area is 138 Å². The Morgan fingerprint density at radius 3 is 2.50 bits per heavy atom. The lowest BCUT2D eigenvalue weighted by Crippen LogP contribution is -2.11. The second-order valence-corrected chi connectivity index (χ2v) is 7.19. The molecular formula is C11H5BrCl3NO3S. The van der Waals surface area contributed by atoms with E-state index in [4.69, 9.17) is 39.0 Å². The maximum atomic E-state index is 12.2. The molecule has 0 fully saturated rings. The first-order valence-electron chi connectivity index (χ1n) is 5.00. The molecule has 1 aromatic carbocycles. The summed E-state index contributed by atoms with van der Waals surface area (Å²) >= 11 is 20.5. The van der Waals surface area contributed by atoms with E-state index in [0.29, 0.717) is 9.50 Å². The van der Waals surface area contributed by atoms with Crippen LogP contribution in [0, 0.1) is 0 Å². The second kappa shape index (κ2) is 6.07. The highest BCUT2D eigenvalue weighted by atomic mass is 79.9. The van der Waals surface area contributed by atoms with Gasteiger partial charge >= 0.3 is 10.1 Å². The summed E-state index contributed by atoms with van der Waals surface area (Å²) in [4.78, 5) is 3.46. The molecule has 0 amide bonds. The molecule has 0 N–H and O–H groups in total. The topological polar surface area (TPSA) is 56.3 Å². The summed E-state index contributed by atoms with van der Waals surface area (Å²) in [6.07, 6.45) is 1.37. The third kappa shape index (κ3) is 3.56. The van der Waals surface area contributed by atoms with Gasteiger partial charge in [0.15, 0.2) is 10.9 Å². The molecule has 0 aliphatic rings. The zero-order valence-corrected chi connectivity index (χ0v) is 14.1. The van der Waals surface area contributed by atoms with Crippen LogP contribution < -0.4 is 4.18 Å². The average Bonchev–Trinajstić information content (AvgIpc) is 2.35. The fraction of sp³-hybridized carbons (Fsp3) is 0. The molecule has 4 nitrogen and oxygen atoms in total. The van der Waals surface area contributed by atoms with Gasteiger partial charge in [-0.2, -0.15) is 8.42 Å². The van der Waals surface area contributed by atoms with E-state index in [2.05, 4.69) is 20.9 Å². The molecule has 0 saturated heterocycles. The summed E-state index contributed by atoms with van der Waals surface area (Å²) in [6.45, 7) is 0. The fourth-order valence-electron chi connectivity index (χ4n) is 1.29. The minimum absolute atomic E-state index is 0.0490. The van der Waals surface area contributed by atoms with Gasteiger partial charge in [0.25, 0.3) is 0 Å². The van der Waals surface area contributed by atoms with E-state index >= 15 is 0 Å². The summed E-state index contributed by atoms with van der Waals surface area (Å²) in [6, 6.07) is 5.46. The standard InChI is InChI=1S/C11H5BrCl3NO3S/c12-6-3-10(11(15)16-5-6)20(17,18)19-9-2-1-7(13)4-8(9)14/h1-5H. The molecule has 2 aromatic rings. The number of aromatic nitrogens is 1. The van der Waals surface area contributed by atoms with Gasteiger partial charge in [-0.3, -0.25) is 0 Å². The van der Waals surface area contributed by atoms with Gasteiger partial charge in [-0.25, -0.2) is 4.98 Å². The molecule has 20 heavy (non-hydrogen) atoms. The Bertz CT molecular complexity index is 768. The van der Waals surface area contributed by atoms with Gasteiger partial charge in [0.1, 0.15) is 4.90 Å². The number of nitrogens with zero attached hydrogens (tertiary/aromatic N) is 1. The normalized spacial score (nSPS) is 11.4. The Kier molecular flexibility index (Phi) is 4.81. The summed E-state index contributed by atoms with van der Waals surface area (Å²) in [5.41, 5.74) is 0. The number of hydrogen-bond acceptors (Lipinski definition) is 4. The Balaban J connectivity index is 2.43. The van der Waals surface area contributed by atoms with Crippen molar-refractivity contribution in [3.8, 4) is 5.75 Å². The first kappa shape index (κ1) is 15.9. The highest BCUT2D eigenvalue weighted by molar-refractivity contribution is 9.10. The van der Waals surface area contributed by atoms with Gasteiger partial charge in [-0.15, -0.1) is 0 Å². The van der Waals surface area contributed by atoms with Crippen LogP contribution >= 0.6 is 50.7 Å². The molecule has 0 spiro atoms. The zero-order valence-electron chi connectivity index (χ0n) is 9.48. The lowest BCUT2D eigenvalue weighted by molar-refractivity contribution is 0.486. The lowest BCUT2D eigenvalue weighted by atomic mass is 10.3. The average molecular weight is 417 g/mol. The van der Waals surface area contributed by atoms with E-state index in [1.54, 1.807) is 0 Å². The predicted molar refractivity (Wildman–Crippen MR) is 81.2 cm³/mol. The van der Waals surface area contributed by atoms with Crippen LogP contribution in [-0.4, -0.2) is 13.4 Å². The number of pyridine rings is 1. The maximum Gasteiger partial charge on any atom is 0.342 e. The molecule has 0 unspecified atom stereocenters. The predicted octanol–water partition coefficient (Wildman–Crippen LogP) is 4.57. The van der Waals surface area contributed by atoms with Crippen molar-refractivity contribution in [1.29, 1.82) is 0 Å². The van der Waals surface area contributed by atoms with Crippen LogP contribution in [0.3, 0.4) is 0 Å². The van der Waals surface area contributed by atoms with E-state index in [9.17, 15) is 8.42 Å². The van der Waals surface area contributed by atoms with E-state index in [0.717, 1.165) is 0 Å². The van der Waals surface area contributed by atoms with E-state index in [1.807, 2.05) is 0 Å². The first-order valence-corrected chi connectivity index (χ1v) is 8.34. The van der Waals surface area contributed by atoms with Gasteiger partial charge in [-0.1, -0.05) is 34.8 Å². The van der Waals surface area contributed by atoms with Crippen LogP contribution in [0.15, 0.2) is 39.8 Å². The molecule has 1 heterocycles. The third-order valence-corrected chi connectivity index (χ3v) is 4.76. The Morgan fingerprint density at radius 1 is 1.15 bits per heavy atom. The molecule has 0 aliphatic carbocycles. The van der Waals surface area contributed by atoms with Crippen molar-refractivity contribution in [2.45, 2.75) is 4.90 Å². The van der Waals surface area contributed by atoms with Crippen molar-refractivity contribution in [3.05, 3.63) is 50.1 Å². The molecule has 106 valence electrons. The number of halogens is 4.